The van der Waals surface area contributed by atoms with Gasteiger partial charge in [-0.2, -0.15) is 0 Å². The van der Waals surface area contributed by atoms with E-state index in [9.17, 15) is 0 Å². The SMILES string of the molecule is CC.COc1ccccc1-c1cc(Cl)cc2c1OC(CN)O2. The first-order valence-electron chi connectivity index (χ1n) is 7.23. The summed E-state index contributed by atoms with van der Waals surface area (Å²) in [5.74, 6) is 2.00. The van der Waals surface area contributed by atoms with Gasteiger partial charge in [-0.05, 0) is 12.1 Å². The molecule has 0 saturated carbocycles. The Kier molecular flexibility index (Phi) is 5.52. The summed E-state index contributed by atoms with van der Waals surface area (Å²) in [5, 5.41) is 0.575. The highest BCUT2D eigenvalue weighted by molar-refractivity contribution is 6.31. The fourth-order valence-corrected chi connectivity index (χ4v) is 2.45. The zero-order valence-corrected chi connectivity index (χ0v) is 13.7. The smallest absolute Gasteiger partial charge is 0.253 e. The quantitative estimate of drug-likeness (QED) is 0.924. The monoisotopic (exact) mass is 321 g/mol. The molecule has 0 bridgehead atoms. The Balaban J connectivity index is 0.000000847. The molecule has 0 saturated heterocycles. The van der Waals surface area contributed by atoms with Gasteiger partial charge in [0.1, 0.15) is 5.75 Å². The zero-order chi connectivity index (χ0) is 16.1. The summed E-state index contributed by atoms with van der Waals surface area (Å²) in [5.41, 5.74) is 7.32. The van der Waals surface area contributed by atoms with Crippen molar-refractivity contribution in [1.82, 2.24) is 0 Å². The molecular formula is C17H20ClNO3. The number of methoxy groups -OCH3 is 1. The third-order valence-electron chi connectivity index (χ3n) is 3.12. The van der Waals surface area contributed by atoms with E-state index >= 15 is 0 Å². The molecule has 118 valence electrons. The number of ether oxygens (including phenoxy) is 3. The Morgan fingerprint density at radius 1 is 1.14 bits per heavy atom. The molecule has 3 rings (SSSR count). The average Bonchev–Trinajstić information content (AvgIpc) is 2.98. The van der Waals surface area contributed by atoms with Crippen LogP contribution in [0.4, 0.5) is 0 Å². The molecule has 1 atom stereocenters. The Labute approximate surface area is 135 Å². The van der Waals surface area contributed by atoms with Crippen LogP contribution in [0, 0.1) is 0 Å². The van der Waals surface area contributed by atoms with Crippen LogP contribution < -0.4 is 19.9 Å². The molecule has 0 radical (unpaired) electrons. The molecule has 1 aliphatic heterocycles. The van der Waals surface area contributed by atoms with Gasteiger partial charge in [0.25, 0.3) is 6.29 Å². The van der Waals surface area contributed by atoms with E-state index in [4.69, 9.17) is 31.5 Å². The van der Waals surface area contributed by atoms with Crippen LogP contribution in [0.2, 0.25) is 5.02 Å². The van der Waals surface area contributed by atoms with Crippen LogP contribution in [-0.4, -0.2) is 19.9 Å². The van der Waals surface area contributed by atoms with Crippen molar-refractivity contribution < 1.29 is 14.2 Å². The van der Waals surface area contributed by atoms with E-state index < -0.39 is 6.29 Å². The lowest BCUT2D eigenvalue weighted by Crippen LogP contribution is -2.27. The van der Waals surface area contributed by atoms with E-state index in [1.54, 1.807) is 13.2 Å². The Hall–Kier alpha value is -1.91. The maximum absolute atomic E-state index is 6.16. The molecule has 0 fully saturated rings. The van der Waals surface area contributed by atoms with Crippen molar-refractivity contribution in [3.8, 4) is 28.4 Å². The van der Waals surface area contributed by atoms with Crippen molar-refractivity contribution in [2.45, 2.75) is 20.1 Å². The van der Waals surface area contributed by atoms with Crippen LogP contribution in [0.15, 0.2) is 36.4 Å². The highest BCUT2D eigenvalue weighted by Crippen LogP contribution is 2.47. The van der Waals surface area contributed by atoms with Crippen LogP contribution in [-0.2, 0) is 0 Å². The van der Waals surface area contributed by atoms with E-state index in [1.807, 2.05) is 44.2 Å². The molecular weight excluding hydrogens is 302 g/mol. The molecule has 0 amide bonds. The van der Waals surface area contributed by atoms with Crippen molar-refractivity contribution in [2.24, 2.45) is 5.73 Å². The van der Waals surface area contributed by atoms with Gasteiger partial charge in [0, 0.05) is 22.2 Å². The number of benzene rings is 2. The van der Waals surface area contributed by atoms with Crippen LogP contribution >= 0.6 is 11.6 Å². The predicted molar refractivity (Wildman–Crippen MR) is 88.9 cm³/mol. The highest BCUT2D eigenvalue weighted by Gasteiger charge is 2.27. The molecule has 5 heteroatoms. The van der Waals surface area contributed by atoms with Crippen LogP contribution in [0.1, 0.15) is 13.8 Å². The number of hydrogen-bond donors (Lipinski definition) is 1. The number of hydrogen-bond acceptors (Lipinski definition) is 4. The van der Waals surface area contributed by atoms with Gasteiger partial charge >= 0.3 is 0 Å². The Bertz CT molecular complexity index is 646. The fraction of sp³-hybridized carbons (Fsp3) is 0.294. The molecule has 1 unspecified atom stereocenters. The second-order valence-corrected chi connectivity index (χ2v) is 4.82. The summed E-state index contributed by atoms with van der Waals surface area (Å²) < 4.78 is 16.7. The molecule has 2 aromatic rings. The number of para-hydroxylation sites is 1. The van der Waals surface area contributed by atoms with E-state index in [0.29, 0.717) is 16.5 Å². The molecule has 2 aromatic carbocycles. The van der Waals surface area contributed by atoms with Gasteiger partial charge in [0.05, 0.1) is 13.7 Å². The summed E-state index contributed by atoms with van der Waals surface area (Å²) in [6.45, 7) is 4.28. The summed E-state index contributed by atoms with van der Waals surface area (Å²) in [6.07, 6.45) is -0.475. The summed E-state index contributed by atoms with van der Waals surface area (Å²) in [6, 6.07) is 11.2. The second-order valence-electron chi connectivity index (χ2n) is 4.38. The first-order chi connectivity index (χ1) is 10.7. The molecule has 1 heterocycles. The van der Waals surface area contributed by atoms with E-state index in [0.717, 1.165) is 16.9 Å². The highest BCUT2D eigenvalue weighted by atomic mass is 35.5. The van der Waals surface area contributed by atoms with Crippen molar-refractivity contribution >= 4 is 11.6 Å². The molecule has 22 heavy (non-hydrogen) atoms. The minimum Gasteiger partial charge on any atom is -0.496 e. The molecule has 0 aromatic heterocycles. The minimum atomic E-state index is -0.475. The second kappa shape index (κ2) is 7.38. The van der Waals surface area contributed by atoms with Crippen molar-refractivity contribution in [3.05, 3.63) is 41.4 Å². The maximum atomic E-state index is 6.16. The average molecular weight is 322 g/mol. The van der Waals surface area contributed by atoms with Gasteiger partial charge < -0.3 is 19.9 Å². The van der Waals surface area contributed by atoms with Crippen LogP contribution in [0.3, 0.4) is 0 Å². The van der Waals surface area contributed by atoms with E-state index in [2.05, 4.69) is 0 Å². The maximum Gasteiger partial charge on any atom is 0.253 e. The normalized spacial score (nSPS) is 15.0. The summed E-state index contributed by atoms with van der Waals surface area (Å²) in [4.78, 5) is 0. The molecule has 1 aliphatic rings. The Morgan fingerprint density at radius 3 is 2.55 bits per heavy atom. The largest absolute Gasteiger partial charge is 0.496 e. The molecule has 4 nitrogen and oxygen atoms in total. The first kappa shape index (κ1) is 16.5. The fourth-order valence-electron chi connectivity index (χ4n) is 2.24. The third kappa shape index (κ3) is 3.13. The van der Waals surface area contributed by atoms with Crippen LogP contribution in [0.5, 0.6) is 17.2 Å². The van der Waals surface area contributed by atoms with E-state index in [1.165, 1.54) is 0 Å². The number of fused-ring (bicyclic) bond motifs is 1. The predicted octanol–water partition coefficient (Wildman–Crippen LogP) is 4.10. The van der Waals surface area contributed by atoms with Gasteiger partial charge in [0.15, 0.2) is 11.5 Å². The Morgan fingerprint density at radius 2 is 1.86 bits per heavy atom. The lowest BCUT2D eigenvalue weighted by Gasteiger charge is -2.11. The zero-order valence-electron chi connectivity index (χ0n) is 12.9. The van der Waals surface area contributed by atoms with Gasteiger partial charge in [-0.1, -0.05) is 43.6 Å². The molecule has 2 N–H and O–H groups in total. The van der Waals surface area contributed by atoms with Gasteiger partial charge in [-0.25, -0.2) is 0 Å². The van der Waals surface area contributed by atoms with E-state index in [-0.39, 0.29) is 6.54 Å². The summed E-state index contributed by atoms with van der Waals surface area (Å²) in [7, 11) is 1.63. The number of nitrogens with two attached hydrogens (primary N) is 1. The van der Waals surface area contributed by atoms with Crippen molar-refractivity contribution in [1.29, 1.82) is 0 Å². The topological polar surface area (TPSA) is 53.7 Å². The third-order valence-corrected chi connectivity index (χ3v) is 3.34. The molecule has 0 aliphatic carbocycles. The minimum absolute atomic E-state index is 0.275. The van der Waals surface area contributed by atoms with Crippen molar-refractivity contribution in [2.75, 3.05) is 13.7 Å². The first-order valence-corrected chi connectivity index (χ1v) is 7.61. The van der Waals surface area contributed by atoms with Gasteiger partial charge in [-0.3, -0.25) is 0 Å². The van der Waals surface area contributed by atoms with Gasteiger partial charge in [-0.15, -0.1) is 0 Å². The van der Waals surface area contributed by atoms with Crippen LogP contribution in [0.25, 0.3) is 11.1 Å². The number of halogens is 1. The molecule has 0 spiro atoms. The lowest BCUT2D eigenvalue weighted by molar-refractivity contribution is 0.0583. The standard InChI is InChI=1S/C15H14ClNO3.C2H6/c1-18-12-5-3-2-4-10(12)11-6-9(16)7-13-15(11)20-14(8-17)19-13;1-2/h2-7,14H,8,17H2,1H3;1-2H3. The van der Waals surface area contributed by atoms with Gasteiger partial charge in [0.2, 0.25) is 0 Å². The number of rotatable bonds is 3. The lowest BCUT2D eigenvalue weighted by atomic mass is 10.0. The summed E-state index contributed by atoms with van der Waals surface area (Å²) >= 11 is 6.16. The van der Waals surface area contributed by atoms with Crippen molar-refractivity contribution in [3.63, 3.8) is 0 Å².